The van der Waals surface area contributed by atoms with Crippen LogP contribution >= 0.6 is 0 Å². The van der Waals surface area contributed by atoms with Gasteiger partial charge in [-0.15, -0.1) is 0 Å². The van der Waals surface area contributed by atoms with Crippen LogP contribution in [0.15, 0.2) is 11.0 Å². The third-order valence-corrected chi connectivity index (χ3v) is 3.57. The molecule has 0 unspecified atom stereocenters. The van der Waals surface area contributed by atoms with Crippen LogP contribution in [-0.4, -0.2) is 32.4 Å². The summed E-state index contributed by atoms with van der Waals surface area (Å²) in [5.41, 5.74) is 5.41. The Bertz CT molecular complexity index is 460. The van der Waals surface area contributed by atoms with Crippen LogP contribution in [0.1, 0.15) is 31.2 Å². The smallest absolute Gasteiger partial charge is 0.255 e. The normalized spacial score (nSPS) is 32.9. The molecule has 94 valence electrons. The number of aliphatic hydroxyl groups is 2. The maximum Gasteiger partial charge on any atom is 0.255 e. The van der Waals surface area contributed by atoms with E-state index in [1.807, 2.05) is 6.92 Å². The number of hydrogen-bond acceptors (Lipinski definition) is 5. The van der Waals surface area contributed by atoms with Crippen LogP contribution in [0.3, 0.4) is 0 Å². The van der Waals surface area contributed by atoms with Crippen molar-refractivity contribution in [1.29, 1.82) is 0 Å². The second-order valence-electron chi connectivity index (χ2n) is 4.54. The van der Waals surface area contributed by atoms with Crippen molar-refractivity contribution in [2.24, 2.45) is 5.92 Å². The summed E-state index contributed by atoms with van der Waals surface area (Å²) in [5.74, 6) is -0.294. The Balaban J connectivity index is 2.32. The largest absolute Gasteiger partial charge is 0.390 e. The van der Waals surface area contributed by atoms with E-state index >= 15 is 0 Å². The Labute approximate surface area is 98.5 Å². The molecule has 4 atom stereocenters. The fourth-order valence-corrected chi connectivity index (χ4v) is 2.52. The zero-order valence-corrected chi connectivity index (χ0v) is 9.63. The number of anilines is 1. The van der Waals surface area contributed by atoms with Gasteiger partial charge in [-0.1, -0.05) is 13.3 Å². The van der Waals surface area contributed by atoms with Crippen molar-refractivity contribution < 1.29 is 10.2 Å². The number of aliphatic hydroxyl groups excluding tert-OH is 2. The molecule has 2 rings (SSSR count). The van der Waals surface area contributed by atoms with Gasteiger partial charge in [-0.25, -0.2) is 4.98 Å². The molecule has 0 bridgehead atoms. The van der Waals surface area contributed by atoms with Crippen LogP contribution in [0.25, 0.3) is 0 Å². The fourth-order valence-electron chi connectivity index (χ4n) is 2.52. The molecule has 0 saturated heterocycles. The molecule has 6 nitrogen and oxygen atoms in total. The average molecular weight is 239 g/mol. The van der Waals surface area contributed by atoms with Crippen molar-refractivity contribution in [3.8, 4) is 0 Å². The molecule has 1 aliphatic carbocycles. The van der Waals surface area contributed by atoms with Crippen LogP contribution < -0.4 is 11.3 Å². The number of nitrogens with two attached hydrogens (primary N) is 1. The molecule has 1 aromatic rings. The molecule has 0 radical (unpaired) electrons. The summed E-state index contributed by atoms with van der Waals surface area (Å²) in [6, 6.07) is 0. The minimum Gasteiger partial charge on any atom is -0.390 e. The molecule has 1 fully saturated rings. The van der Waals surface area contributed by atoms with Crippen molar-refractivity contribution >= 4 is 5.95 Å². The molecule has 1 saturated carbocycles. The number of aromatic nitrogens is 2. The van der Waals surface area contributed by atoms with Crippen LogP contribution in [0.4, 0.5) is 5.95 Å². The first kappa shape index (κ1) is 12.1. The Hall–Kier alpha value is -1.40. The third kappa shape index (κ3) is 2.05. The van der Waals surface area contributed by atoms with Crippen molar-refractivity contribution in [2.75, 3.05) is 5.73 Å². The van der Waals surface area contributed by atoms with Gasteiger partial charge in [-0.3, -0.25) is 9.78 Å². The van der Waals surface area contributed by atoms with E-state index in [1.54, 1.807) is 0 Å². The van der Waals surface area contributed by atoms with Crippen LogP contribution in [0.2, 0.25) is 0 Å². The number of nitrogens with zero attached hydrogens (tertiary/aromatic N) is 1. The predicted octanol–water partition coefficient (Wildman–Crippen LogP) is -0.413. The molecule has 0 spiro atoms. The first-order chi connectivity index (χ1) is 8.04. The molecule has 0 amide bonds. The van der Waals surface area contributed by atoms with Crippen LogP contribution in [0.5, 0.6) is 0 Å². The first-order valence-electron chi connectivity index (χ1n) is 5.75. The lowest BCUT2D eigenvalue weighted by molar-refractivity contribution is 0.0138. The summed E-state index contributed by atoms with van der Waals surface area (Å²) in [6.45, 7) is 1.95. The monoisotopic (exact) mass is 239 g/mol. The summed E-state index contributed by atoms with van der Waals surface area (Å²) in [5, 5.41) is 19.8. The molecule has 1 heterocycles. The molecular formula is C11H17N3O3. The summed E-state index contributed by atoms with van der Waals surface area (Å²) in [7, 11) is 0. The highest BCUT2D eigenvalue weighted by atomic mass is 16.3. The lowest BCUT2D eigenvalue weighted by atomic mass is 9.97. The standard InChI is InChI=1S/C11H17N3O3/c1-2-5-3-6(9(16)8(5)15)7-4-13-11(12)14-10(7)17/h4-6,8-9,15-16H,2-3H2,1H3,(H3,12,13,14,17)/t5-,6-,8+,9-/m0/s1. The minimum absolute atomic E-state index is 0.0203. The molecule has 17 heavy (non-hydrogen) atoms. The maximum atomic E-state index is 11.7. The van der Waals surface area contributed by atoms with E-state index in [9.17, 15) is 15.0 Å². The summed E-state index contributed by atoms with van der Waals surface area (Å²) < 4.78 is 0. The molecule has 5 N–H and O–H groups in total. The predicted molar refractivity (Wildman–Crippen MR) is 62.4 cm³/mol. The SMILES string of the molecule is CC[C@H]1C[C@@H](c2cnc(N)[nH]c2=O)[C@H](O)[C@@H]1O. The second-order valence-corrected chi connectivity index (χ2v) is 4.54. The number of nitrogen functional groups attached to an aromatic ring is 1. The number of hydrogen-bond donors (Lipinski definition) is 4. The first-order valence-corrected chi connectivity index (χ1v) is 5.75. The maximum absolute atomic E-state index is 11.7. The Morgan fingerprint density at radius 2 is 2.24 bits per heavy atom. The van der Waals surface area contributed by atoms with Crippen molar-refractivity contribution in [2.45, 2.75) is 37.9 Å². The summed E-state index contributed by atoms with van der Waals surface area (Å²) in [6.07, 6.45) is 1.06. The average Bonchev–Trinajstić information content (AvgIpc) is 2.57. The number of aromatic amines is 1. The molecule has 6 heteroatoms. The highest BCUT2D eigenvalue weighted by Crippen LogP contribution is 2.38. The minimum atomic E-state index is -0.911. The molecule has 1 aromatic heterocycles. The van der Waals surface area contributed by atoms with Gasteiger partial charge in [0.1, 0.15) is 0 Å². The lowest BCUT2D eigenvalue weighted by Crippen LogP contribution is -2.29. The van der Waals surface area contributed by atoms with E-state index in [0.29, 0.717) is 12.0 Å². The van der Waals surface area contributed by atoms with Gasteiger partial charge in [0, 0.05) is 17.7 Å². The van der Waals surface area contributed by atoms with Gasteiger partial charge in [0.25, 0.3) is 5.56 Å². The quantitative estimate of drug-likeness (QED) is 0.560. The van der Waals surface area contributed by atoms with Gasteiger partial charge in [0.05, 0.1) is 12.2 Å². The number of H-pyrrole nitrogens is 1. The van der Waals surface area contributed by atoms with Gasteiger partial charge in [0.15, 0.2) is 5.95 Å². The Morgan fingerprint density at radius 1 is 1.53 bits per heavy atom. The lowest BCUT2D eigenvalue weighted by Gasteiger charge is -2.16. The number of rotatable bonds is 2. The van der Waals surface area contributed by atoms with Crippen molar-refractivity contribution in [1.82, 2.24) is 9.97 Å². The van der Waals surface area contributed by atoms with Gasteiger partial charge >= 0.3 is 0 Å². The van der Waals surface area contributed by atoms with Crippen LogP contribution in [0, 0.1) is 5.92 Å². The van der Waals surface area contributed by atoms with Crippen molar-refractivity contribution in [3.05, 3.63) is 22.1 Å². The number of nitrogens with one attached hydrogen (secondary N) is 1. The van der Waals surface area contributed by atoms with E-state index in [0.717, 1.165) is 6.42 Å². The third-order valence-electron chi connectivity index (χ3n) is 3.57. The van der Waals surface area contributed by atoms with Gasteiger partial charge in [-0.2, -0.15) is 0 Å². The Kier molecular flexibility index (Phi) is 3.17. The van der Waals surface area contributed by atoms with Gasteiger partial charge in [-0.05, 0) is 12.3 Å². The summed E-state index contributed by atoms with van der Waals surface area (Å²) in [4.78, 5) is 17.9. The van der Waals surface area contributed by atoms with Gasteiger partial charge < -0.3 is 15.9 Å². The fraction of sp³-hybridized carbons (Fsp3) is 0.636. The van der Waals surface area contributed by atoms with Crippen LogP contribution in [-0.2, 0) is 0 Å². The highest BCUT2D eigenvalue weighted by Gasteiger charge is 2.42. The van der Waals surface area contributed by atoms with E-state index in [1.165, 1.54) is 6.20 Å². The Morgan fingerprint density at radius 3 is 2.76 bits per heavy atom. The zero-order chi connectivity index (χ0) is 12.6. The van der Waals surface area contributed by atoms with E-state index in [2.05, 4.69) is 9.97 Å². The molecule has 1 aliphatic rings. The summed E-state index contributed by atoms with van der Waals surface area (Å²) >= 11 is 0. The molecular weight excluding hydrogens is 222 g/mol. The highest BCUT2D eigenvalue weighted by molar-refractivity contribution is 5.23. The topological polar surface area (TPSA) is 112 Å². The zero-order valence-electron chi connectivity index (χ0n) is 9.63. The second kappa shape index (κ2) is 4.46. The molecule has 0 aromatic carbocycles. The van der Waals surface area contributed by atoms with E-state index < -0.39 is 12.2 Å². The van der Waals surface area contributed by atoms with Gasteiger partial charge in [0.2, 0.25) is 0 Å². The van der Waals surface area contributed by atoms with E-state index in [-0.39, 0.29) is 23.3 Å². The molecule has 0 aliphatic heterocycles. The van der Waals surface area contributed by atoms with Crippen molar-refractivity contribution in [3.63, 3.8) is 0 Å². The van der Waals surface area contributed by atoms with E-state index in [4.69, 9.17) is 5.73 Å².